The first kappa shape index (κ1) is 9.10. The summed E-state index contributed by atoms with van der Waals surface area (Å²) in [5.74, 6) is -0.890. The summed E-state index contributed by atoms with van der Waals surface area (Å²) in [4.78, 5) is 10.1. The van der Waals surface area contributed by atoms with E-state index >= 15 is 0 Å². The fourth-order valence-corrected chi connectivity index (χ4v) is 1.52. The van der Waals surface area contributed by atoms with Crippen molar-refractivity contribution < 1.29 is 9.90 Å². The zero-order valence-corrected chi connectivity index (χ0v) is 7.12. The minimum absolute atomic E-state index is 0.495. The standard InChI is InChI=1S/C9H15NO2/c11-9(12)6-7-10-8-4-2-1-3-5-8/h6-8,10H,1-5H2,(H,11,12)/b7-6+. The van der Waals surface area contributed by atoms with Gasteiger partial charge in [0.05, 0.1) is 0 Å². The van der Waals surface area contributed by atoms with E-state index < -0.39 is 5.97 Å². The molecule has 68 valence electrons. The van der Waals surface area contributed by atoms with Crippen LogP contribution >= 0.6 is 0 Å². The molecule has 0 atom stereocenters. The Hall–Kier alpha value is -0.990. The zero-order valence-electron chi connectivity index (χ0n) is 7.12. The largest absolute Gasteiger partial charge is 0.478 e. The Kier molecular flexibility index (Phi) is 3.64. The molecule has 3 heteroatoms. The van der Waals surface area contributed by atoms with E-state index in [1.165, 1.54) is 32.1 Å². The fourth-order valence-electron chi connectivity index (χ4n) is 1.52. The highest BCUT2D eigenvalue weighted by Gasteiger charge is 2.10. The van der Waals surface area contributed by atoms with Gasteiger partial charge in [-0.3, -0.25) is 0 Å². The summed E-state index contributed by atoms with van der Waals surface area (Å²) >= 11 is 0. The highest BCUT2D eigenvalue weighted by atomic mass is 16.4. The maximum atomic E-state index is 10.1. The molecule has 0 aliphatic heterocycles. The average Bonchev–Trinajstić information content (AvgIpc) is 2.05. The van der Waals surface area contributed by atoms with E-state index in [0.717, 1.165) is 6.08 Å². The summed E-state index contributed by atoms with van der Waals surface area (Å²) in [5.41, 5.74) is 0. The first-order valence-corrected chi connectivity index (χ1v) is 4.44. The van der Waals surface area contributed by atoms with Crippen molar-refractivity contribution in [2.45, 2.75) is 38.1 Å². The molecular formula is C9H15NO2. The highest BCUT2D eigenvalue weighted by molar-refractivity contribution is 5.79. The monoisotopic (exact) mass is 169 g/mol. The molecule has 1 saturated carbocycles. The summed E-state index contributed by atoms with van der Waals surface area (Å²) in [6, 6.07) is 0.495. The molecule has 0 heterocycles. The number of hydrogen-bond acceptors (Lipinski definition) is 2. The van der Waals surface area contributed by atoms with Crippen LogP contribution in [0.1, 0.15) is 32.1 Å². The van der Waals surface area contributed by atoms with Crippen molar-refractivity contribution in [2.24, 2.45) is 0 Å². The van der Waals surface area contributed by atoms with Gasteiger partial charge in [0.1, 0.15) is 0 Å². The minimum Gasteiger partial charge on any atom is -0.478 e. The van der Waals surface area contributed by atoms with E-state index in [9.17, 15) is 4.79 Å². The Labute approximate surface area is 72.5 Å². The van der Waals surface area contributed by atoms with Crippen molar-refractivity contribution in [1.82, 2.24) is 5.32 Å². The Morgan fingerprint density at radius 2 is 2.00 bits per heavy atom. The maximum absolute atomic E-state index is 10.1. The first-order valence-electron chi connectivity index (χ1n) is 4.44. The normalized spacial score (nSPS) is 19.7. The quantitative estimate of drug-likeness (QED) is 0.629. The van der Waals surface area contributed by atoms with Gasteiger partial charge >= 0.3 is 5.97 Å². The van der Waals surface area contributed by atoms with Crippen LogP contribution in [-0.2, 0) is 4.79 Å². The smallest absolute Gasteiger partial charge is 0.329 e. The number of aliphatic carboxylic acids is 1. The zero-order chi connectivity index (χ0) is 8.81. The van der Waals surface area contributed by atoms with E-state index in [2.05, 4.69) is 5.32 Å². The van der Waals surface area contributed by atoms with Gasteiger partial charge in [0.15, 0.2) is 0 Å². The Balaban J connectivity index is 2.17. The third kappa shape index (κ3) is 3.42. The SMILES string of the molecule is O=C(O)/C=C/NC1CCCCC1. The van der Waals surface area contributed by atoms with Gasteiger partial charge in [-0.2, -0.15) is 0 Å². The lowest BCUT2D eigenvalue weighted by atomic mass is 9.96. The highest BCUT2D eigenvalue weighted by Crippen LogP contribution is 2.16. The van der Waals surface area contributed by atoms with Crippen molar-refractivity contribution in [1.29, 1.82) is 0 Å². The van der Waals surface area contributed by atoms with Gasteiger partial charge in [0.25, 0.3) is 0 Å². The van der Waals surface area contributed by atoms with Gasteiger partial charge in [-0.1, -0.05) is 19.3 Å². The molecule has 2 N–H and O–H groups in total. The van der Waals surface area contributed by atoms with E-state index in [1.54, 1.807) is 6.20 Å². The summed E-state index contributed by atoms with van der Waals surface area (Å²) in [5, 5.41) is 11.4. The molecule has 0 saturated heterocycles. The Bertz CT molecular complexity index is 171. The van der Waals surface area contributed by atoms with Gasteiger partial charge in [-0.05, 0) is 12.8 Å². The van der Waals surface area contributed by atoms with Crippen LogP contribution in [0.5, 0.6) is 0 Å². The Morgan fingerprint density at radius 3 is 2.58 bits per heavy atom. The predicted octanol–water partition coefficient (Wildman–Crippen LogP) is 1.51. The molecular weight excluding hydrogens is 154 g/mol. The van der Waals surface area contributed by atoms with Crippen molar-refractivity contribution in [3.05, 3.63) is 12.3 Å². The van der Waals surface area contributed by atoms with Crippen molar-refractivity contribution in [2.75, 3.05) is 0 Å². The van der Waals surface area contributed by atoms with Crippen LogP contribution in [0.15, 0.2) is 12.3 Å². The molecule has 0 aromatic heterocycles. The number of carbonyl (C=O) groups is 1. The molecule has 0 radical (unpaired) electrons. The van der Waals surface area contributed by atoms with Gasteiger partial charge < -0.3 is 10.4 Å². The molecule has 3 nitrogen and oxygen atoms in total. The van der Waals surface area contributed by atoms with Crippen molar-refractivity contribution >= 4 is 5.97 Å². The van der Waals surface area contributed by atoms with Crippen LogP contribution in [0.4, 0.5) is 0 Å². The van der Waals surface area contributed by atoms with Gasteiger partial charge in [0, 0.05) is 18.3 Å². The predicted molar refractivity (Wildman–Crippen MR) is 46.8 cm³/mol. The van der Waals surface area contributed by atoms with Crippen molar-refractivity contribution in [3.63, 3.8) is 0 Å². The van der Waals surface area contributed by atoms with E-state index in [-0.39, 0.29) is 0 Å². The molecule has 12 heavy (non-hydrogen) atoms. The molecule has 0 amide bonds. The van der Waals surface area contributed by atoms with Gasteiger partial charge in [-0.25, -0.2) is 4.79 Å². The number of nitrogens with one attached hydrogen (secondary N) is 1. The van der Waals surface area contributed by atoms with Crippen LogP contribution in [0.2, 0.25) is 0 Å². The van der Waals surface area contributed by atoms with Gasteiger partial charge in [-0.15, -0.1) is 0 Å². The van der Waals surface area contributed by atoms with E-state index in [4.69, 9.17) is 5.11 Å². The van der Waals surface area contributed by atoms with Gasteiger partial charge in [0.2, 0.25) is 0 Å². The molecule has 1 fully saturated rings. The van der Waals surface area contributed by atoms with Crippen LogP contribution in [0, 0.1) is 0 Å². The van der Waals surface area contributed by atoms with Crippen LogP contribution in [0.25, 0.3) is 0 Å². The van der Waals surface area contributed by atoms with E-state index in [0.29, 0.717) is 6.04 Å². The molecule has 0 unspecified atom stereocenters. The summed E-state index contributed by atoms with van der Waals surface area (Å²) in [6.45, 7) is 0. The number of carboxylic acid groups (broad SMARTS) is 1. The maximum Gasteiger partial charge on any atom is 0.329 e. The summed E-state index contributed by atoms with van der Waals surface area (Å²) < 4.78 is 0. The third-order valence-electron chi connectivity index (χ3n) is 2.16. The molecule has 0 spiro atoms. The van der Waals surface area contributed by atoms with Crippen LogP contribution in [-0.4, -0.2) is 17.1 Å². The average molecular weight is 169 g/mol. The molecule has 0 bridgehead atoms. The fraction of sp³-hybridized carbons (Fsp3) is 0.667. The van der Waals surface area contributed by atoms with Crippen LogP contribution < -0.4 is 5.32 Å². The first-order chi connectivity index (χ1) is 5.79. The second kappa shape index (κ2) is 4.80. The number of carboxylic acids is 1. The molecule has 1 aliphatic carbocycles. The molecule has 1 rings (SSSR count). The van der Waals surface area contributed by atoms with E-state index in [1.807, 2.05) is 0 Å². The lowest BCUT2D eigenvalue weighted by molar-refractivity contribution is -0.131. The van der Waals surface area contributed by atoms with Crippen molar-refractivity contribution in [3.8, 4) is 0 Å². The topological polar surface area (TPSA) is 49.3 Å². The second-order valence-corrected chi connectivity index (χ2v) is 3.17. The Morgan fingerprint density at radius 1 is 1.33 bits per heavy atom. The molecule has 0 aromatic carbocycles. The summed E-state index contributed by atoms with van der Waals surface area (Å²) in [7, 11) is 0. The summed E-state index contributed by atoms with van der Waals surface area (Å²) in [6.07, 6.45) is 8.87. The second-order valence-electron chi connectivity index (χ2n) is 3.17. The lowest BCUT2D eigenvalue weighted by Crippen LogP contribution is -2.26. The number of hydrogen-bond donors (Lipinski definition) is 2. The number of rotatable bonds is 3. The minimum atomic E-state index is -0.890. The molecule has 1 aliphatic rings. The third-order valence-corrected chi connectivity index (χ3v) is 2.16. The molecule has 0 aromatic rings. The lowest BCUT2D eigenvalue weighted by Gasteiger charge is -2.21. The van der Waals surface area contributed by atoms with Crippen LogP contribution in [0.3, 0.4) is 0 Å².